The molecule has 0 rings (SSSR count). The van der Waals surface area contributed by atoms with Crippen LogP contribution in [0.15, 0.2) is 0 Å². The molecule has 0 aliphatic rings. The third-order valence-corrected chi connectivity index (χ3v) is 0. The topological polar surface area (TPSA) is 51.7 Å². The Bertz CT molecular complexity index is 11.5. The predicted molar refractivity (Wildman–Crippen MR) is 29.1 cm³/mol. The van der Waals surface area contributed by atoms with Gasteiger partial charge in [-0.05, 0) is 0 Å². The zero-order valence-electron chi connectivity index (χ0n) is 3.33. The van der Waals surface area contributed by atoms with Gasteiger partial charge in [-0.15, -0.1) is 0 Å². The van der Waals surface area contributed by atoms with Crippen molar-refractivity contribution in [3.05, 3.63) is 0 Å². The summed E-state index contributed by atoms with van der Waals surface area (Å²) in [5.74, 6) is 0. The molecule has 0 saturated heterocycles. The van der Waals surface area contributed by atoms with E-state index in [1.165, 1.54) is 0 Å². The molecule has 37 valence electrons. The molecule has 5 heteroatoms. The molecule has 0 bridgehead atoms. The van der Waals surface area contributed by atoms with Crippen LogP contribution in [-0.4, -0.2) is 63.0 Å². The van der Waals surface area contributed by atoms with Gasteiger partial charge in [0.25, 0.3) is 0 Å². The van der Waals surface area contributed by atoms with Gasteiger partial charge in [-0.1, -0.05) is 0 Å². The van der Waals surface area contributed by atoms with E-state index < -0.39 is 0 Å². The Morgan fingerprint density at radius 1 is 1.33 bits per heavy atom. The van der Waals surface area contributed by atoms with Gasteiger partial charge < -0.3 is 10.6 Å². The molecule has 0 aromatic heterocycles. The second-order valence-corrected chi connectivity index (χ2v) is 0. The van der Waals surface area contributed by atoms with E-state index in [0.717, 1.165) is 28.5 Å². The van der Waals surface area contributed by atoms with E-state index in [9.17, 15) is 0 Å². The Morgan fingerprint density at radius 3 is 1.33 bits per heavy atom. The first-order chi connectivity index (χ1) is 2.00. The van der Waals surface area contributed by atoms with Crippen LogP contribution in [0.5, 0.6) is 0 Å². The van der Waals surface area contributed by atoms with Crippen molar-refractivity contribution in [2.45, 2.75) is 0 Å². The molecular weight excluding hydrogens is 317 g/mol. The molecule has 7 radical (unpaired) electrons. The molecule has 0 heterocycles. The number of hydrogen-bond acceptors (Lipinski definition) is 1. The normalized spacial score (nSPS) is 2.00. The zero-order chi connectivity index (χ0) is 4.00. The van der Waals surface area contributed by atoms with Crippen LogP contribution in [0, 0.1) is 0 Å². The molecule has 0 aromatic rings. The first-order valence-corrected chi connectivity index (χ1v) is 4.25. The van der Waals surface area contributed by atoms with Crippen LogP contribution < -0.4 is 0 Å². The van der Waals surface area contributed by atoms with E-state index >= 15 is 0 Å². The van der Waals surface area contributed by atoms with Crippen LogP contribution in [0.2, 0.25) is 0 Å². The molecule has 0 atom stereocenters. The quantitative estimate of drug-likeness (QED) is 0.555. The minimum Gasteiger partial charge on any atom is 0 e. The molecule has 0 unspecified atom stereocenters. The minimum atomic E-state index is 0. The molecule has 2 nitrogen and oxygen atoms in total. The second-order valence-electron chi connectivity index (χ2n) is 0. The smallest absolute Gasteiger partial charge is 0 e. The fourth-order valence-corrected chi connectivity index (χ4v) is 0. The maximum atomic E-state index is 7.00. The molecule has 0 fully saturated rings. The van der Waals surface area contributed by atoms with Gasteiger partial charge in [0, 0.05) is 31.0 Å². The van der Waals surface area contributed by atoms with E-state index in [1.807, 2.05) is 0 Å². The Balaban J connectivity index is -0.00000000500. The van der Waals surface area contributed by atoms with Gasteiger partial charge in [-0.2, -0.15) is 0 Å². The van der Waals surface area contributed by atoms with Crippen molar-refractivity contribution in [1.82, 2.24) is 0 Å². The summed E-state index contributed by atoms with van der Waals surface area (Å²) in [5, 5.41) is 7.00. The summed E-state index contributed by atoms with van der Waals surface area (Å²) in [7, 11) is 5.73. The van der Waals surface area contributed by atoms with Gasteiger partial charge in [0.1, 0.15) is 0 Å². The molecule has 0 aromatic carbocycles. The monoisotopic (exact) mass is 325 g/mol. The summed E-state index contributed by atoms with van der Waals surface area (Å²) in [5.41, 5.74) is 0. The fraction of sp³-hybridized carbons (Fsp3) is 1.00. The van der Waals surface area contributed by atoms with E-state index in [-0.39, 0.29) is 29.4 Å². The zero-order valence-corrected chi connectivity index (χ0v) is 9.79. The van der Waals surface area contributed by atoms with Crippen molar-refractivity contribution in [1.29, 1.82) is 0 Å². The number of halogens is 1. The van der Waals surface area contributed by atoms with Gasteiger partial charge in [-0.25, -0.2) is 0 Å². The second kappa shape index (κ2) is 70.3. The fourth-order valence-electron chi connectivity index (χ4n) is 0. The molecule has 3 N–H and O–H groups in total. The molecular formula is CH6ClO2Sn2. The van der Waals surface area contributed by atoms with Gasteiger partial charge in [0.15, 0.2) is 0 Å². The van der Waals surface area contributed by atoms with Crippen molar-refractivity contribution >= 4 is 54.2 Å². The summed E-state index contributed by atoms with van der Waals surface area (Å²) >= 11 is 1.02. The number of aliphatic hydroxyl groups is 1. The Kier molecular flexibility index (Phi) is 292. The molecule has 0 aliphatic heterocycles. The molecule has 6 heavy (non-hydrogen) atoms. The number of hydrogen-bond donors (Lipinski definition) is 1. The third-order valence-electron chi connectivity index (χ3n) is 0. The average molecular weight is 323 g/mol. The van der Waals surface area contributed by atoms with E-state index in [4.69, 9.17) is 14.0 Å². The van der Waals surface area contributed by atoms with Crippen LogP contribution in [0.3, 0.4) is 0 Å². The van der Waals surface area contributed by atoms with Crippen molar-refractivity contribution in [2.24, 2.45) is 0 Å². The standard InChI is InChI=1S/CH4O.ClH.H2O.2Sn/c1-2;;;;/h2H,1H3;1H;1H2;;/q;;;;+1/p-1. The van der Waals surface area contributed by atoms with Crippen LogP contribution in [0.25, 0.3) is 0 Å². The minimum absolute atomic E-state index is 0. The number of rotatable bonds is 0. The van der Waals surface area contributed by atoms with Gasteiger partial charge in [0.05, 0.1) is 0 Å². The summed E-state index contributed by atoms with van der Waals surface area (Å²) in [4.78, 5) is 0. The van der Waals surface area contributed by atoms with Crippen molar-refractivity contribution in [2.75, 3.05) is 7.11 Å². The first kappa shape index (κ1) is 25.0. The number of aliphatic hydroxyl groups excluding tert-OH is 1. The van der Waals surface area contributed by atoms with Crippen molar-refractivity contribution in [3.63, 3.8) is 0 Å². The molecule has 0 amide bonds. The Morgan fingerprint density at radius 2 is 1.33 bits per heavy atom. The SMILES string of the molecule is CO.O.[Cl][Sn].[Sn]. The van der Waals surface area contributed by atoms with Gasteiger partial charge in [-0.3, -0.25) is 0 Å². The van der Waals surface area contributed by atoms with Crippen LogP contribution in [0.1, 0.15) is 0 Å². The first-order valence-electron chi connectivity index (χ1n) is 0.636. The largest absolute Gasteiger partial charge is 0 e. The maximum absolute atomic E-state index is 7.00. The molecule has 0 spiro atoms. The van der Waals surface area contributed by atoms with Crippen LogP contribution in [0.4, 0.5) is 0 Å². The van der Waals surface area contributed by atoms with Crippen molar-refractivity contribution < 1.29 is 10.6 Å². The predicted octanol–water partition coefficient (Wildman–Crippen LogP) is -1.29. The summed E-state index contributed by atoms with van der Waals surface area (Å²) in [6.07, 6.45) is 0. The maximum Gasteiger partial charge on any atom is 0 e. The molecule has 0 aliphatic carbocycles. The average Bonchev–Trinajstić information content (AvgIpc) is 1.50. The summed E-state index contributed by atoms with van der Waals surface area (Å²) < 4.78 is 0. The summed E-state index contributed by atoms with van der Waals surface area (Å²) in [6.45, 7) is 0. The van der Waals surface area contributed by atoms with E-state index in [0.29, 0.717) is 0 Å². The Labute approximate surface area is 71.3 Å². The van der Waals surface area contributed by atoms with Gasteiger partial charge in [0.2, 0.25) is 0 Å². The van der Waals surface area contributed by atoms with E-state index in [2.05, 4.69) is 0 Å². The van der Waals surface area contributed by atoms with Crippen LogP contribution in [-0.2, 0) is 0 Å². The van der Waals surface area contributed by atoms with Gasteiger partial charge >= 0.3 is 30.3 Å². The van der Waals surface area contributed by atoms with E-state index in [1.54, 1.807) is 0 Å². The van der Waals surface area contributed by atoms with Crippen LogP contribution >= 0.6 is 8.92 Å². The Hall–Kier alpha value is 1.81. The summed E-state index contributed by atoms with van der Waals surface area (Å²) in [6, 6.07) is 0. The molecule has 0 saturated carbocycles. The van der Waals surface area contributed by atoms with Crippen molar-refractivity contribution in [3.8, 4) is 0 Å². The third kappa shape index (κ3) is 41.1.